The first-order valence-electron chi connectivity index (χ1n) is 8.63. The van der Waals surface area contributed by atoms with E-state index in [4.69, 9.17) is 21.1 Å². The van der Waals surface area contributed by atoms with Crippen molar-refractivity contribution >= 4 is 23.3 Å². The van der Waals surface area contributed by atoms with Gasteiger partial charge in [-0.25, -0.2) is 4.79 Å². The number of esters is 1. The highest BCUT2D eigenvalue weighted by atomic mass is 35.5. The summed E-state index contributed by atoms with van der Waals surface area (Å²) >= 11 is 5.84. The lowest BCUT2D eigenvalue weighted by Gasteiger charge is -2.12. The van der Waals surface area contributed by atoms with E-state index < -0.39 is 28.3 Å². The number of nitro benzene ring substituents is 1. The zero-order valence-corrected chi connectivity index (χ0v) is 16.0. The fourth-order valence-corrected chi connectivity index (χ4v) is 2.60. The average molecular weight is 432 g/mol. The SMILES string of the molecule is CCCCCOC(=O)c1cc(Oc2ccc(C(F)(F)F)cc2Cl)ccc1[N+](=O)[O-]. The number of hydrogen-bond donors (Lipinski definition) is 0. The molecule has 2 aromatic rings. The zero-order chi connectivity index (χ0) is 21.6. The van der Waals surface area contributed by atoms with Crippen molar-refractivity contribution in [3.8, 4) is 11.5 Å². The lowest BCUT2D eigenvalue weighted by molar-refractivity contribution is -0.385. The van der Waals surface area contributed by atoms with Crippen molar-refractivity contribution < 1.29 is 32.4 Å². The Morgan fingerprint density at radius 3 is 2.48 bits per heavy atom. The first-order valence-corrected chi connectivity index (χ1v) is 9.01. The first kappa shape index (κ1) is 22.5. The van der Waals surface area contributed by atoms with Crippen LogP contribution in [0.15, 0.2) is 36.4 Å². The van der Waals surface area contributed by atoms with Crippen LogP contribution in [0.3, 0.4) is 0 Å². The molecular weight excluding hydrogens is 415 g/mol. The normalized spacial score (nSPS) is 11.2. The van der Waals surface area contributed by atoms with Gasteiger partial charge in [0.25, 0.3) is 5.69 Å². The van der Waals surface area contributed by atoms with Crippen LogP contribution >= 0.6 is 11.6 Å². The Morgan fingerprint density at radius 2 is 1.90 bits per heavy atom. The Bertz CT molecular complexity index is 902. The van der Waals surface area contributed by atoms with Crippen molar-refractivity contribution in [3.05, 3.63) is 62.7 Å². The van der Waals surface area contributed by atoms with E-state index >= 15 is 0 Å². The number of alkyl halides is 3. The number of ether oxygens (including phenoxy) is 2. The summed E-state index contributed by atoms with van der Waals surface area (Å²) in [7, 11) is 0. The quantitative estimate of drug-likeness (QED) is 0.209. The summed E-state index contributed by atoms with van der Waals surface area (Å²) in [4.78, 5) is 22.7. The zero-order valence-electron chi connectivity index (χ0n) is 15.3. The molecule has 6 nitrogen and oxygen atoms in total. The predicted molar refractivity (Wildman–Crippen MR) is 99.4 cm³/mol. The molecule has 0 aliphatic carbocycles. The molecule has 156 valence electrons. The van der Waals surface area contributed by atoms with Gasteiger partial charge >= 0.3 is 12.1 Å². The summed E-state index contributed by atoms with van der Waals surface area (Å²) in [6, 6.07) is 5.86. The highest BCUT2D eigenvalue weighted by molar-refractivity contribution is 6.32. The topological polar surface area (TPSA) is 78.7 Å². The van der Waals surface area contributed by atoms with Gasteiger partial charge < -0.3 is 9.47 Å². The van der Waals surface area contributed by atoms with Crippen LogP contribution in [0.4, 0.5) is 18.9 Å². The summed E-state index contributed by atoms with van der Waals surface area (Å²) in [5, 5.41) is 10.9. The molecule has 0 aliphatic rings. The van der Waals surface area contributed by atoms with E-state index in [-0.39, 0.29) is 28.7 Å². The molecule has 10 heteroatoms. The van der Waals surface area contributed by atoms with E-state index in [2.05, 4.69) is 0 Å². The minimum Gasteiger partial charge on any atom is -0.462 e. The van der Waals surface area contributed by atoms with Crippen molar-refractivity contribution in [1.82, 2.24) is 0 Å². The van der Waals surface area contributed by atoms with Gasteiger partial charge in [-0.05, 0) is 30.7 Å². The van der Waals surface area contributed by atoms with Gasteiger partial charge in [-0.15, -0.1) is 0 Å². The van der Waals surface area contributed by atoms with Crippen LogP contribution in [-0.2, 0) is 10.9 Å². The minimum atomic E-state index is -4.57. The summed E-state index contributed by atoms with van der Waals surface area (Å²) in [6.07, 6.45) is -2.20. The molecule has 29 heavy (non-hydrogen) atoms. The third-order valence-corrected chi connectivity index (χ3v) is 4.15. The lowest BCUT2D eigenvalue weighted by Crippen LogP contribution is -2.09. The molecule has 2 rings (SSSR count). The number of hydrogen-bond acceptors (Lipinski definition) is 5. The second-order valence-electron chi connectivity index (χ2n) is 6.02. The number of halogens is 4. The van der Waals surface area contributed by atoms with Gasteiger partial charge in [-0.3, -0.25) is 10.1 Å². The number of nitrogens with zero attached hydrogens (tertiary/aromatic N) is 1. The van der Waals surface area contributed by atoms with E-state index in [9.17, 15) is 28.1 Å². The van der Waals surface area contributed by atoms with Crippen molar-refractivity contribution in [3.63, 3.8) is 0 Å². The predicted octanol–water partition coefficient (Wildman–Crippen LogP) is 6.41. The van der Waals surface area contributed by atoms with Crippen molar-refractivity contribution in [1.29, 1.82) is 0 Å². The number of rotatable bonds is 8. The van der Waals surface area contributed by atoms with Gasteiger partial charge in [0.05, 0.1) is 22.1 Å². The number of unbranched alkanes of at least 4 members (excludes halogenated alkanes) is 2. The van der Waals surface area contributed by atoms with Gasteiger partial charge in [0.15, 0.2) is 0 Å². The molecule has 0 heterocycles. The van der Waals surface area contributed by atoms with Crippen LogP contribution in [0.1, 0.15) is 42.1 Å². The molecular formula is C19H17ClF3NO5. The van der Waals surface area contributed by atoms with Crippen molar-refractivity contribution in [2.45, 2.75) is 32.4 Å². The van der Waals surface area contributed by atoms with Crippen LogP contribution in [0.5, 0.6) is 11.5 Å². The van der Waals surface area contributed by atoms with Crippen LogP contribution < -0.4 is 4.74 Å². The molecule has 0 unspecified atom stereocenters. The standard InChI is InChI=1S/C19H17ClF3NO5/c1-2-3-4-9-28-18(25)14-11-13(6-7-16(14)24(26)27)29-17-8-5-12(10-15(17)20)19(21,22)23/h5-8,10-11H,2-4,9H2,1H3. The second-order valence-corrected chi connectivity index (χ2v) is 6.43. The van der Waals surface area contributed by atoms with E-state index in [0.717, 1.165) is 37.1 Å². The summed E-state index contributed by atoms with van der Waals surface area (Å²) in [5.41, 5.74) is -1.75. The molecule has 0 saturated heterocycles. The summed E-state index contributed by atoms with van der Waals surface area (Å²) < 4.78 is 48.6. The molecule has 0 fully saturated rings. The smallest absolute Gasteiger partial charge is 0.416 e. The third kappa shape index (κ3) is 6.08. The molecule has 0 atom stereocenters. The molecule has 0 aromatic heterocycles. The largest absolute Gasteiger partial charge is 0.462 e. The number of nitro groups is 1. The maximum atomic E-state index is 12.7. The average Bonchev–Trinajstić information content (AvgIpc) is 2.65. The van der Waals surface area contributed by atoms with Crippen LogP contribution in [0.2, 0.25) is 5.02 Å². The Labute approximate surface area is 169 Å². The molecule has 0 saturated carbocycles. The maximum Gasteiger partial charge on any atom is 0.416 e. The Balaban J connectivity index is 2.26. The number of carbonyl (C=O) groups excluding carboxylic acids is 1. The molecule has 0 radical (unpaired) electrons. The highest BCUT2D eigenvalue weighted by Gasteiger charge is 2.31. The van der Waals surface area contributed by atoms with E-state index in [1.165, 1.54) is 6.07 Å². The van der Waals surface area contributed by atoms with Crippen LogP contribution in [0, 0.1) is 10.1 Å². The monoisotopic (exact) mass is 431 g/mol. The number of benzene rings is 2. The van der Waals surface area contributed by atoms with Crippen molar-refractivity contribution in [2.24, 2.45) is 0 Å². The Hall–Kier alpha value is -2.81. The third-order valence-electron chi connectivity index (χ3n) is 3.85. The molecule has 0 aliphatic heterocycles. The van der Waals surface area contributed by atoms with Gasteiger partial charge in [0.2, 0.25) is 0 Å². The molecule has 0 spiro atoms. The first-order chi connectivity index (χ1) is 13.6. The maximum absolute atomic E-state index is 12.7. The van der Waals surface area contributed by atoms with Gasteiger partial charge in [-0.2, -0.15) is 13.2 Å². The fourth-order valence-electron chi connectivity index (χ4n) is 2.38. The van der Waals surface area contributed by atoms with E-state index in [1.54, 1.807) is 0 Å². The van der Waals surface area contributed by atoms with Crippen LogP contribution in [0.25, 0.3) is 0 Å². The van der Waals surface area contributed by atoms with Gasteiger partial charge in [0, 0.05) is 12.1 Å². The van der Waals surface area contributed by atoms with Crippen molar-refractivity contribution in [2.75, 3.05) is 6.61 Å². The Morgan fingerprint density at radius 1 is 1.17 bits per heavy atom. The van der Waals surface area contributed by atoms with Gasteiger partial charge in [-0.1, -0.05) is 31.4 Å². The van der Waals surface area contributed by atoms with E-state index in [1.807, 2.05) is 6.92 Å². The summed E-state index contributed by atoms with van der Waals surface area (Å²) in [5.74, 6) is -1.01. The number of carbonyl (C=O) groups is 1. The summed E-state index contributed by atoms with van der Waals surface area (Å²) in [6.45, 7) is 2.08. The van der Waals surface area contributed by atoms with Crippen LogP contribution in [-0.4, -0.2) is 17.5 Å². The van der Waals surface area contributed by atoms with E-state index in [0.29, 0.717) is 12.5 Å². The second kappa shape index (κ2) is 9.60. The fraction of sp³-hybridized carbons (Fsp3) is 0.316. The molecule has 0 N–H and O–H groups in total. The van der Waals surface area contributed by atoms with Gasteiger partial charge in [0.1, 0.15) is 17.1 Å². The molecule has 0 bridgehead atoms. The highest BCUT2D eigenvalue weighted by Crippen LogP contribution is 2.37. The molecule has 2 aromatic carbocycles. The molecule has 0 amide bonds. The Kier molecular flexibility index (Phi) is 7.44. The lowest BCUT2D eigenvalue weighted by atomic mass is 10.1. The minimum absolute atomic E-state index is 0.0160.